The molecule has 1 fully saturated rings. The molecule has 2 aromatic heterocycles. The van der Waals surface area contributed by atoms with Crippen LogP contribution in [0.25, 0.3) is 11.2 Å². The van der Waals surface area contributed by atoms with E-state index in [4.69, 9.17) is 4.74 Å². The summed E-state index contributed by atoms with van der Waals surface area (Å²) >= 11 is 0. The van der Waals surface area contributed by atoms with Crippen molar-refractivity contribution in [1.29, 1.82) is 0 Å². The first-order chi connectivity index (χ1) is 14.3. The molecule has 1 amide bonds. The Balaban J connectivity index is 0.000000565. The van der Waals surface area contributed by atoms with Crippen molar-refractivity contribution in [1.82, 2.24) is 19.5 Å². The Kier molecular flexibility index (Phi) is 10.2. The Morgan fingerprint density at radius 1 is 1.37 bits per heavy atom. The Hall–Kier alpha value is -2.75. The number of carbonyl (C=O) groups is 2. The average molecular weight is 424 g/mol. The maximum Gasteiger partial charge on any atom is 0.302 e. The summed E-state index contributed by atoms with van der Waals surface area (Å²) in [5, 5.41) is 2.61. The number of H-pyrrole nitrogens is 1. The summed E-state index contributed by atoms with van der Waals surface area (Å²) in [7, 11) is 1.35. The van der Waals surface area contributed by atoms with E-state index in [0.29, 0.717) is 5.65 Å². The van der Waals surface area contributed by atoms with Gasteiger partial charge in [-0.05, 0) is 19.3 Å². The van der Waals surface area contributed by atoms with Crippen LogP contribution in [0.15, 0.2) is 11.1 Å². The lowest BCUT2D eigenvalue weighted by Crippen LogP contribution is -2.22. The van der Waals surface area contributed by atoms with Crippen LogP contribution < -0.4 is 10.9 Å². The van der Waals surface area contributed by atoms with Crippen LogP contribution >= 0.6 is 0 Å². The molecule has 0 aliphatic carbocycles. The topological polar surface area (TPSA) is 128 Å². The first kappa shape index (κ1) is 25.3. The van der Waals surface area contributed by atoms with Gasteiger partial charge in [-0.15, -0.1) is 0 Å². The molecular weight excluding hydrogens is 390 g/mol. The molecule has 168 valence electrons. The van der Waals surface area contributed by atoms with Crippen LogP contribution in [0.2, 0.25) is 0 Å². The third kappa shape index (κ3) is 6.65. The van der Waals surface area contributed by atoms with Crippen molar-refractivity contribution in [3.05, 3.63) is 16.7 Å². The molecule has 1 aliphatic heterocycles. The van der Waals surface area contributed by atoms with E-state index < -0.39 is 0 Å². The number of esters is 1. The smallest absolute Gasteiger partial charge is 0.302 e. The van der Waals surface area contributed by atoms with Gasteiger partial charge in [-0.3, -0.25) is 29.3 Å². The number of aromatic nitrogens is 4. The van der Waals surface area contributed by atoms with Crippen molar-refractivity contribution in [2.75, 3.05) is 12.4 Å². The number of anilines is 1. The van der Waals surface area contributed by atoms with Gasteiger partial charge in [0.25, 0.3) is 5.56 Å². The van der Waals surface area contributed by atoms with Crippen LogP contribution in [0, 0.1) is 5.92 Å². The van der Waals surface area contributed by atoms with Gasteiger partial charge in [0, 0.05) is 12.8 Å². The SMILES string of the molecule is CC.CCC1CCC(n2cnc3c(=O)[nH]c(NC(=O)C(C)C)nc32)O1.COC(C)=O. The fourth-order valence-electron chi connectivity index (χ4n) is 2.65. The van der Waals surface area contributed by atoms with Crippen molar-refractivity contribution >= 4 is 29.0 Å². The fourth-order valence-corrected chi connectivity index (χ4v) is 2.65. The quantitative estimate of drug-likeness (QED) is 0.723. The molecule has 10 heteroatoms. The van der Waals surface area contributed by atoms with Crippen LogP contribution in [0.4, 0.5) is 5.95 Å². The number of aromatic amines is 1. The third-order valence-electron chi connectivity index (χ3n) is 4.34. The molecule has 2 unspecified atom stereocenters. The van der Waals surface area contributed by atoms with Gasteiger partial charge in [0.05, 0.1) is 19.5 Å². The highest BCUT2D eigenvalue weighted by atomic mass is 16.5. The summed E-state index contributed by atoms with van der Waals surface area (Å²) in [6.45, 7) is 11.0. The van der Waals surface area contributed by atoms with E-state index in [1.165, 1.54) is 14.0 Å². The van der Waals surface area contributed by atoms with Crippen molar-refractivity contribution in [2.24, 2.45) is 5.92 Å². The number of hydrogen-bond donors (Lipinski definition) is 2. The van der Waals surface area contributed by atoms with Gasteiger partial charge < -0.3 is 9.47 Å². The minimum absolute atomic E-state index is 0.132. The molecule has 0 radical (unpaired) electrons. The molecule has 0 aromatic carbocycles. The largest absolute Gasteiger partial charge is 0.469 e. The van der Waals surface area contributed by atoms with E-state index in [1.54, 1.807) is 24.7 Å². The molecule has 0 bridgehead atoms. The monoisotopic (exact) mass is 423 g/mol. The molecule has 1 aliphatic rings. The average Bonchev–Trinajstić information content (AvgIpc) is 3.36. The van der Waals surface area contributed by atoms with E-state index in [2.05, 4.69) is 31.9 Å². The van der Waals surface area contributed by atoms with Gasteiger partial charge in [-0.2, -0.15) is 4.98 Å². The summed E-state index contributed by atoms with van der Waals surface area (Å²) in [6.07, 6.45) is 4.40. The Labute approximate surface area is 176 Å². The molecule has 2 aromatic rings. The van der Waals surface area contributed by atoms with Crippen molar-refractivity contribution in [3.8, 4) is 0 Å². The highest BCUT2D eigenvalue weighted by Crippen LogP contribution is 2.31. The number of rotatable bonds is 4. The second-order valence-electron chi connectivity index (χ2n) is 6.78. The van der Waals surface area contributed by atoms with E-state index >= 15 is 0 Å². The third-order valence-corrected chi connectivity index (χ3v) is 4.34. The number of carbonyl (C=O) groups excluding carboxylic acids is 2. The summed E-state index contributed by atoms with van der Waals surface area (Å²) < 4.78 is 11.8. The first-order valence-electron chi connectivity index (χ1n) is 10.2. The van der Waals surface area contributed by atoms with Gasteiger partial charge in [0.15, 0.2) is 11.2 Å². The molecule has 3 rings (SSSR count). The summed E-state index contributed by atoms with van der Waals surface area (Å²) in [6, 6.07) is 0. The van der Waals surface area contributed by atoms with Gasteiger partial charge in [0.1, 0.15) is 6.23 Å². The van der Waals surface area contributed by atoms with Crippen molar-refractivity contribution in [2.45, 2.75) is 73.1 Å². The van der Waals surface area contributed by atoms with Gasteiger partial charge in [-0.25, -0.2) is 4.98 Å². The van der Waals surface area contributed by atoms with Crippen molar-refractivity contribution in [3.63, 3.8) is 0 Å². The van der Waals surface area contributed by atoms with Crippen LogP contribution in [-0.2, 0) is 19.1 Å². The summed E-state index contributed by atoms with van der Waals surface area (Å²) in [5.74, 6) is -0.524. The molecular formula is C20H33N5O5. The number of nitrogens with zero attached hydrogens (tertiary/aromatic N) is 3. The number of amides is 1. The first-order valence-corrected chi connectivity index (χ1v) is 10.2. The predicted molar refractivity (Wildman–Crippen MR) is 114 cm³/mol. The maximum absolute atomic E-state index is 12.1. The van der Waals surface area contributed by atoms with Crippen LogP contribution in [-0.4, -0.2) is 44.6 Å². The fraction of sp³-hybridized carbons (Fsp3) is 0.650. The molecule has 2 atom stereocenters. The van der Waals surface area contributed by atoms with E-state index in [9.17, 15) is 14.4 Å². The number of imidazole rings is 1. The minimum Gasteiger partial charge on any atom is -0.469 e. The van der Waals surface area contributed by atoms with Gasteiger partial charge >= 0.3 is 5.97 Å². The Morgan fingerprint density at radius 2 is 2.00 bits per heavy atom. The van der Waals surface area contributed by atoms with Gasteiger partial charge in [0.2, 0.25) is 11.9 Å². The lowest BCUT2D eigenvalue weighted by atomic mass is 10.2. The maximum atomic E-state index is 12.1. The van der Waals surface area contributed by atoms with E-state index in [0.717, 1.165) is 19.3 Å². The number of hydrogen-bond acceptors (Lipinski definition) is 7. The van der Waals surface area contributed by atoms with Crippen molar-refractivity contribution < 1.29 is 19.1 Å². The second-order valence-corrected chi connectivity index (χ2v) is 6.78. The zero-order valence-corrected chi connectivity index (χ0v) is 18.8. The molecule has 10 nitrogen and oxygen atoms in total. The lowest BCUT2D eigenvalue weighted by molar-refractivity contribution is -0.137. The zero-order chi connectivity index (χ0) is 22.8. The predicted octanol–water partition coefficient (Wildman–Crippen LogP) is 3.01. The van der Waals surface area contributed by atoms with Crippen LogP contribution in [0.1, 0.15) is 67.0 Å². The Bertz CT molecular complexity index is 889. The molecule has 3 heterocycles. The molecule has 30 heavy (non-hydrogen) atoms. The number of ether oxygens (including phenoxy) is 2. The normalized spacial score (nSPS) is 17.6. The van der Waals surface area contributed by atoms with E-state index in [-0.39, 0.29) is 47.2 Å². The molecule has 0 saturated carbocycles. The minimum atomic E-state index is -0.377. The number of fused-ring (bicyclic) bond motifs is 1. The lowest BCUT2D eigenvalue weighted by Gasteiger charge is -2.14. The van der Waals surface area contributed by atoms with Crippen LogP contribution in [0.3, 0.4) is 0 Å². The molecule has 0 spiro atoms. The highest BCUT2D eigenvalue weighted by molar-refractivity contribution is 5.91. The second kappa shape index (κ2) is 12.1. The highest BCUT2D eigenvalue weighted by Gasteiger charge is 2.27. The molecule has 2 N–H and O–H groups in total. The summed E-state index contributed by atoms with van der Waals surface area (Å²) in [5.41, 5.74) is 0.295. The van der Waals surface area contributed by atoms with Crippen LogP contribution in [0.5, 0.6) is 0 Å². The standard InChI is InChI=1S/C15H21N5O3.C3H6O2.C2H6/c1-4-9-5-6-10(23-9)20-7-16-11-12(20)17-15(19-14(11)22)18-13(21)8(2)3;1-3(4)5-2;1-2/h7-10H,4-6H2,1-3H3,(H2,17,18,19,21,22);1-2H3;1-2H3. The summed E-state index contributed by atoms with van der Waals surface area (Å²) in [4.78, 5) is 44.6. The van der Waals surface area contributed by atoms with Gasteiger partial charge in [-0.1, -0.05) is 34.6 Å². The zero-order valence-electron chi connectivity index (χ0n) is 18.8. The Morgan fingerprint density at radius 3 is 2.50 bits per heavy atom. The number of nitrogens with one attached hydrogen (secondary N) is 2. The molecule has 1 saturated heterocycles. The number of methoxy groups -OCH3 is 1. The van der Waals surface area contributed by atoms with E-state index in [1.807, 2.05) is 13.8 Å².